The van der Waals surface area contributed by atoms with Gasteiger partial charge in [-0.15, -0.1) is 0 Å². The first-order valence-corrected chi connectivity index (χ1v) is 6.47. The van der Waals surface area contributed by atoms with Crippen molar-refractivity contribution in [3.05, 3.63) is 35.9 Å². The van der Waals surface area contributed by atoms with Gasteiger partial charge in [-0.1, -0.05) is 44.2 Å². The lowest BCUT2D eigenvalue weighted by Crippen LogP contribution is -2.29. The zero-order chi connectivity index (χ0) is 14.4. The van der Waals surface area contributed by atoms with Crippen LogP contribution in [0.3, 0.4) is 0 Å². The fourth-order valence-electron chi connectivity index (χ4n) is 2.26. The van der Waals surface area contributed by atoms with E-state index in [9.17, 15) is 14.7 Å². The molecule has 104 valence electrons. The van der Waals surface area contributed by atoms with Crippen LogP contribution < -0.4 is 0 Å². The molecule has 4 heteroatoms. The molecule has 0 fully saturated rings. The Morgan fingerprint density at radius 1 is 1.11 bits per heavy atom. The zero-order valence-corrected chi connectivity index (χ0v) is 11.2. The van der Waals surface area contributed by atoms with Crippen LogP contribution in [0.1, 0.15) is 38.2 Å². The Hall–Kier alpha value is -1.84. The Labute approximate surface area is 113 Å². The minimum atomic E-state index is -1.06. The summed E-state index contributed by atoms with van der Waals surface area (Å²) < 4.78 is 0. The van der Waals surface area contributed by atoms with E-state index in [0.29, 0.717) is 6.42 Å². The number of benzene rings is 1. The molecule has 2 N–H and O–H groups in total. The van der Waals surface area contributed by atoms with E-state index >= 15 is 0 Å². The average molecular weight is 264 g/mol. The van der Waals surface area contributed by atoms with Gasteiger partial charge in [0.05, 0.1) is 11.8 Å². The molecule has 0 aliphatic rings. The molecule has 0 saturated heterocycles. The first-order chi connectivity index (χ1) is 8.97. The van der Waals surface area contributed by atoms with Crippen molar-refractivity contribution in [1.82, 2.24) is 0 Å². The number of rotatable bonds is 7. The van der Waals surface area contributed by atoms with Crippen molar-refractivity contribution in [3.8, 4) is 0 Å². The second kappa shape index (κ2) is 6.92. The molecule has 0 amide bonds. The third-order valence-electron chi connectivity index (χ3n) is 3.61. The molecule has 0 radical (unpaired) electrons. The van der Waals surface area contributed by atoms with E-state index < -0.39 is 23.8 Å². The van der Waals surface area contributed by atoms with Crippen LogP contribution in [0.5, 0.6) is 0 Å². The zero-order valence-electron chi connectivity index (χ0n) is 11.2. The Kier molecular flexibility index (Phi) is 5.55. The van der Waals surface area contributed by atoms with Gasteiger partial charge >= 0.3 is 11.9 Å². The normalized spacial score (nSPS) is 15.5. The van der Waals surface area contributed by atoms with Gasteiger partial charge in [0.25, 0.3) is 0 Å². The minimum Gasteiger partial charge on any atom is -0.481 e. The summed E-state index contributed by atoms with van der Waals surface area (Å²) in [7, 11) is 0. The lowest BCUT2D eigenvalue weighted by Gasteiger charge is -2.22. The van der Waals surface area contributed by atoms with Crippen LogP contribution in [0.4, 0.5) is 0 Å². The van der Waals surface area contributed by atoms with Gasteiger partial charge in [0.1, 0.15) is 0 Å². The number of carboxylic acid groups (broad SMARTS) is 2. The third kappa shape index (κ3) is 4.09. The van der Waals surface area contributed by atoms with Crippen LogP contribution in [0.25, 0.3) is 0 Å². The molecule has 19 heavy (non-hydrogen) atoms. The van der Waals surface area contributed by atoms with E-state index in [-0.39, 0.29) is 5.92 Å². The Morgan fingerprint density at radius 2 is 1.68 bits per heavy atom. The molecule has 0 aliphatic heterocycles. The maximum atomic E-state index is 11.3. The van der Waals surface area contributed by atoms with E-state index in [1.165, 1.54) is 6.92 Å². The third-order valence-corrected chi connectivity index (χ3v) is 3.61. The first kappa shape index (κ1) is 15.2. The molecule has 0 saturated carbocycles. The van der Waals surface area contributed by atoms with Crippen molar-refractivity contribution in [3.63, 3.8) is 0 Å². The quantitative estimate of drug-likeness (QED) is 0.794. The van der Waals surface area contributed by atoms with Gasteiger partial charge in [-0.05, 0) is 24.3 Å². The summed E-state index contributed by atoms with van der Waals surface area (Å²) >= 11 is 0. The summed E-state index contributed by atoms with van der Waals surface area (Å²) in [4.78, 5) is 22.3. The highest BCUT2D eigenvalue weighted by atomic mass is 16.4. The largest absolute Gasteiger partial charge is 0.481 e. The smallest absolute Gasteiger partial charge is 0.307 e. The molecule has 1 aromatic carbocycles. The minimum absolute atomic E-state index is 0.0732. The topological polar surface area (TPSA) is 74.6 Å². The predicted molar refractivity (Wildman–Crippen MR) is 72.0 cm³/mol. The molecule has 0 heterocycles. The molecule has 0 bridgehead atoms. The number of hydrogen-bond acceptors (Lipinski definition) is 2. The molecule has 1 rings (SSSR count). The number of carbonyl (C=O) groups is 2. The van der Waals surface area contributed by atoms with E-state index in [4.69, 9.17) is 5.11 Å². The maximum absolute atomic E-state index is 11.3. The highest BCUT2D eigenvalue weighted by Crippen LogP contribution is 2.30. The van der Waals surface area contributed by atoms with Crippen molar-refractivity contribution >= 4 is 11.9 Å². The lowest BCUT2D eigenvalue weighted by molar-refractivity contribution is -0.153. The standard InChI is InChI=1S/C15H20O4/c1-3-11(12-7-5-4-6-8-12)9-13(15(18)19)10(2)14(16)17/h4-8,10-11,13H,3,9H2,1-2H3,(H,16,17)(H,18,19). The van der Waals surface area contributed by atoms with Gasteiger partial charge in [0, 0.05) is 0 Å². The molecule has 3 atom stereocenters. The van der Waals surface area contributed by atoms with Gasteiger partial charge in [0.2, 0.25) is 0 Å². The predicted octanol–water partition coefficient (Wildman–Crippen LogP) is 2.99. The Bertz CT molecular complexity index is 427. The molecule has 1 aromatic rings. The van der Waals surface area contributed by atoms with Crippen LogP contribution in [-0.4, -0.2) is 22.2 Å². The van der Waals surface area contributed by atoms with Gasteiger partial charge in [-0.25, -0.2) is 0 Å². The number of carboxylic acids is 2. The number of aliphatic carboxylic acids is 2. The summed E-state index contributed by atoms with van der Waals surface area (Å²) in [5, 5.41) is 18.2. The monoisotopic (exact) mass is 264 g/mol. The second-order valence-electron chi connectivity index (χ2n) is 4.82. The molecular weight excluding hydrogens is 244 g/mol. The average Bonchev–Trinajstić information content (AvgIpc) is 2.39. The van der Waals surface area contributed by atoms with Crippen LogP contribution in [0.15, 0.2) is 30.3 Å². The molecular formula is C15H20O4. The first-order valence-electron chi connectivity index (χ1n) is 6.47. The van der Waals surface area contributed by atoms with Crippen LogP contribution >= 0.6 is 0 Å². The lowest BCUT2D eigenvalue weighted by atomic mass is 9.81. The van der Waals surface area contributed by atoms with Crippen molar-refractivity contribution in [2.45, 2.75) is 32.6 Å². The Balaban J connectivity index is 2.88. The number of hydrogen-bond donors (Lipinski definition) is 2. The molecule has 0 aliphatic carbocycles. The molecule has 3 unspecified atom stereocenters. The summed E-state index contributed by atoms with van der Waals surface area (Å²) in [6, 6.07) is 9.64. The maximum Gasteiger partial charge on any atom is 0.307 e. The van der Waals surface area contributed by atoms with Crippen molar-refractivity contribution in [2.75, 3.05) is 0 Å². The van der Waals surface area contributed by atoms with Gasteiger partial charge in [0.15, 0.2) is 0 Å². The molecule has 4 nitrogen and oxygen atoms in total. The summed E-state index contributed by atoms with van der Waals surface area (Å²) in [5.74, 6) is -3.76. The van der Waals surface area contributed by atoms with E-state index in [2.05, 4.69) is 0 Å². The summed E-state index contributed by atoms with van der Waals surface area (Å²) in [5.41, 5.74) is 1.06. The van der Waals surface area contributed by atoms with E-state index in [1.807, 2.05) is 37.3 Å². The molecule has 0 aromatic heterocycles. The van der Waals surface area contributed by atoms with Gasteiger partial charge in [-0.2, -0.15) is 0 Å². The van der Waals surface area contributed by atoms with E-state index in [1.54, 1.807) is 0 Å². The Morgan fingerprint density at radius 3 is 2.11 bits per heavy atom. The SMILES string of the molecule is CCC(CC(C(=O)O)C(C)C(=O)O)c1ccccc1. The fourth-order valence-corrected chi connectivity index (χ4v) is 2.26. The van der Waals surface area contributed by atoms with Crippen molar-refractivity contribution in [2.24, 2.45) is 11.8 Å². The summed E-state index contributed by atoms with van der Waals surface area (Å²) in [6.45, 7) is 3.45. The van der Waals surface area contributed by atoms with Crippen molar-refractivity contribution < 1.29 is 19.8 Å². The van der Waals surface area contributed by atoms with Crippen molar-refractivity contribution in [1.29, 1.82) is 0 Å². The van der Waals surface area contributed by atoms with Gasteiger partial charge in [-0.3, -0.25) is 9.59 Å². The highest BCUT2D eigenvalue weighted by Gasteiger charge is 2.32. The van der Waals surface area contributed by atoms with Crippen LogP contribution in [-0.2, 0) is 9.59 Å². The van der Waals surface area contributed by atoms with Crippen LogP contribution in [0.2, 0.25) is 0 Å². The summed E-state index contributed by atoms with van der Waals surface area (Å²) in [6.07, 6.45) is 1.14. The van der Waals surface area contributed by atoms with E-state index in [0.717, 1.165) is 12.0 Å². The second-order valence-corrected chi connectivity index (χ2v) is 4.82. The van der Waals surface area contributed by atoms with Gasteiger partial charge < -0.3 is 10.2 Å². The highest BCUT2D eigenvalue weighted by molar-refractivity contribution is 5.79. The molecule has 0 spiro atoms. The van der Waals surface area contributed by atoms with Crippen LogP contribution in [0, 0.1) is 11.8 Å². The fraction of sp³-hybridized carbons (Fsp3) is 0.467.